The number of rotatable bonds is 6. The summed E-state index contributed by atoms with van der Waals surface area (Å²) in [4.78, 5) is 11.2. The fraction of sp³-hybridized carbons (Fsp3) is 0.789. The average Bonchev–Trinajstić information content (AvgIpc) is 3.07. The van der Waals surface area contributed by atoms with Crippen molar-refractivity contribution >= 4 is 29.9 Å². The molecule has 1 saturated heterocycles. The number of likely N-dealkylation sites (tertiary alicyclic amines) is 1. The van der Waals surface area contributed by atoms with Crippen molar-refractivity contribution in [2.24, 2.45) is 4.99 Å². The molecule has 0 saturated carbocycles. The molecule has 1 aliphatic rings. The number of guanidine groups is 1. The Kier molecular flexibility index (Phi) is 9.92. The van der Waals surface area contributed by atoms with Crippen LogP contribution >= 0.6 is 24.0 Å². The lowest BCUT2D eigenvalue weighted by molar-refractivity contribution is 0.147. The molecule has 0 radical (unpaired) electrons. The Morgan fingerprint density at radius 3 is 2.73 bits per heavy atom. The van der Waals surface area contributed by atoms with Gasteiger partial charge in [0.25, 0.3) is 0 Å². The smallest absolute Gasteiger partial charge is 0.213 e. The summed E-state index contributed by atoms with van der Waals surface area (Å²) in [5.41, 5.74) is -0.0184. The monoisotopic (exact) mass is 477 g/mol. The Hall–Kier alpha value is -0.830. The van der Waals surface area contributed by atoms with Crippen LogP contribution in [0.25, 0.3) is 0 Å². The van der Waals surface area contributed by atoms with Gasteiger partial charge in [-0.3, -0.25) is 9.89 Å². The predicted molar refractivity (Wildman–Crippen MR) is 118 cm³/mol. The zero-order valence-electron chi connectivity index (χ0n) is 17.0. The van der Waals surface area contributed by atoms with Crippen molar-refractivity contribution in [2.45, 2.75) is 71.4 Å². The van der Waals surface area contributed by atoms with Crippen molar-refractivity contribution in [3.05, 3.63) is 17.8 Å². The summed E-state index contributed by atoms with van der Waals surface area (Å²) >= 11 is 0. The Morgan fingerprint density at radius 1 is 1.35 bits per heavy atom. The standard InChI is InChI=1S/C19H35N5O.HI/c1-6-15-9-7-8-11-24(15)12-10-21-18(20-5)23-14-17-22-13-16(25-17)19(2,3)4;/h13,15H,6-12,14H2,1-5H3,(H2,20,21,23);1H. The van der Waals surface area contributed by atoms with E-state index in [4.69, 9.17) is 4.42 Å². The maximum absolute atomic E-state index is 5.81. The first-order valence-corrected chi connectivity index (χ1v) is 9.57. The lowest BCUT2D eigenvalue weighted by Gasteiger charge is -2.35. The molecule has 1 aliphatic heterocycles. The van der Waals surface area contributed by atoms with E-state index < -0.39 is 0 Å². The van der Waals surface area contributed by atoms with Crippen LogP contribution in [0.3, 0.4) is 0 Å². The van der Waals surface area contributed by atoms with Crippen LogP contribution in [0.1, 0.15) is 65.0 Å². The lowest BCUT2D eigenvalue weighted by atomic mass is 9.94. The second-order valence-electron chi connectivity index (χ2n) is 7.81. The summed E-state index contributed by atoms with van der Waals surface area (Å²) < 4.78 is 5.81. The van der Waals surface area contributed by atoms with E-state index in [-0.39, 0.29) is 29.4 Å². The van der Waals surface area contributed by atoms with Crippen molar-refractivity contribution in [1.82, 2.24) is 20.5 Å². The highest BCUT2D eigenvalue weighted by Gasteiger charge is 2.20. The van der Waals surface area contributed by atoms with Crippen LogP contribution in [0.5, 0.6) is 0 Å². The number of aromatic nitrogens is 1. The number of hydrogen-bond donors (Lipinski definition) is 2. The van der Waals surface area contributed by atoms with Gasteiger partial charge in [0.05, 0.1) is 12.7 Å². The van der Waals surface area contributed by atoms with Crippen LogP contribution in [0.2, 0.25) is 0 Å². The maximum Gasteiger partial charge on any atom is 0.213 e. The fourth-order valence-electron chi connectivity index (χ4n) is 3.25. The van der Waals surface area contributed by atoms with Crippen molar-refractivity contribution in [3.63, 3.8) is 0 Å². The average molecular weight is 477 g/mol. The van der Waals surface area contributed by atoms with E-state index in [2.05, 4.69) is 53.2 Å². The highest BCUT2D eigenvalue weighted by atomic mass is 127. The maximum atomic E-state index is 5.81. The number of aliphatic imine (C=N–C) groups is 1. The molecule has 1 aromatic rings. The van der Waals surface area contributed by atoms with Gasteiger partial charge in [-0.25, -0.2) is 4.98 Å². The molecule has 1 unspecified atom stereocenters. The highest BCUT2D eigenvalue weighted by molar-refractivity contribution is 14.0. The minimum atomic E-state index is -0.0184. The molecule has 0 aliphatic carbocycles. The Bertz CT molecular complexity index is 552. The van der Waals surface area contributed by atoms with E-state index in [0.29, 0.717) is 12.4 Å². The summed E-state index contributed by atoms with van der Waals surface area (Å²) in [5, 5.41) is 6.67. The van der Waals surface area contributed by atoms with Crippen LogP contribution < -0.4 is 10.6 Å². The van der Waals surface area contributed by atoms with Gasteiger partial charge in [0.2, 0.25) is 5.89 Å². The van der Waals surface area contributed by atoms with Gasteiger partial charge >= 0.3 is 0 Å². The van der Waals surface area contributed by atoms with Gasteiger partial charge in [-0.2, -0.15) is 0 Å². The molecule has 6 nitrogen and oxygen atoms in total. The summed E-state index contributed by atoms with van der Waals surface area (Å²) in [5.74, 6) is 2.39. The molecule has 1 fully saturated rings. The fourth-order valence-corrected chi connectivity index (χ4v) is 3.25. The number of piperidine rings is 1. The molecule has 0 amide bonds. The quantitative estimate of drug-likeness (QED) is 0.373. The summed E-state index contributed by atoms with van der Waals surface area (Å²) in [6, 6.07) is 0.744. The van der Waals surface area contributed by atoms with Gasteiger partial charge in [-0.05, 0) is 25.8 Å². The van der Waals surface area contributed by atoms with Gasteiger partial charge in [0.15, 0.2) is 5.96 Å². The Balaban J connectivity index is 0.00000338. The van der Waals surface area contributed by atoms with E-state index in [0.717, 1.165) is 30.9 Å². The van der Waals surface area contributed by atoms with E-state index in [1.807, 2.05) is 6.20 Å². The van der Waals surface area contributed by atoms with Crippen LogP contribution in [-0.2, 0) is 12.0 Å². The lowest BCUT2D eigenvalue weighted by Crippen LogP contribution is -2.45. The summed E-state index contributed by atoms with van der Waals surface area (Å²) in [6.07, 6.45) is 7.09. The summed E-state index contributed by atoms with van der Waals surface area (Å²) in [6.45, 7) is 12.4. The zero-order valence-corrected chi connectivity index (χ0v) is 19.3. The first-order chi connectivity index (χ1) is 11.9. The molecule has 2 N–H and O–H groups in total. The van der Waals surface area contributed by atoms with Crippen molar-refractivity contribution in [2.75, 3.05) is 26.7 Å². The van der Waals surface area contributed by atoms with Crippen molar-refractivity contribution in [3.8, 4) is 0 Å². The molecule has 0 spiro atoms. The number of halogens is 1. The summed E-state index contributed by atoms with van der Waals surface area (Å²) in [7, 11) is 1.79. The van der Waals surface area contributed by atoms with E-state index in [1.54, 1.807) is 7.05 Å². The zero-order chi connectivity index (χ0) is 18.3. The Labute approximate surface area is 175 Å². The molecule has 1 atom stereocenters. The minimum Gasteiger partial charge on any atom is -0.443 e. The van der Waals surface area contributed by atoms with Crippen LogP contribution in [0, 0.1) is 0 Å². The van der Waals surface area contributed by atoms with Crippen LogP contribution in [0.4, 0.5) is 0 Å². The van der Waals surface area contributed by atoms with E-state index in [9.17, 15) is 0 Å². The molecule has 150 valence electrons. The molecule has 7 heteroatoms. The largest absolute Gasteiger partial charge is 0.443 e. The van der Waals surface area contributed by atoms with Gasteiger partial charge in [0, 0.05) is 31.6 Å². The van der Waals surface area contributed by atoms with Gasteiger partial charge in [-0.15, -0.1) is 24.0 Å². The molecule has 0 bridgehead atoms. The second-order valence-corrected chi connectivity index (χ2v) is 7.81. The first-order valence-electron chi connectivity index (χ1n) is 9.57. The molecule has 26 heavy (non-hydrogen) atoms. The van der Waals surface area contributed by atoms with Gasteiger partial charge in [-0.1, -0.05) is 34.1 Å². The molecule has 1 aromatic heterocycles. The number of hydrogen-bond acceptors (Lipinski definition) is 4. The molecule has 2 rings (SSSR count). The second kappa shape index (κ2) is 11.1. The van der Waals surface area contributed by atoms with Crippen LogP contribution in [-0.4, -0.2) is 48.6 Å². The number of nitrogens with zero attached hydrogens (tertiary/aromatic N) is 3. The normalized spacial score (nSPS) is 19.1. The van der Waals surface area contributed by atoms with Crippen molar-refractivity contribution in [1.29, 1.82) is 0 Å². The Morgan fingerprint density at radius 2 is 2.12 bits per heavy atom. The van der Waals surface area contributed by atoms with Crippen LogP contribution in [0.15, 0.2) is 15.6 Å². The molecular formula is C19H36IN5O. The topological polar surface area (TPSA) is 65.7 Å². The number of nitrogens with one attached hydrogen (secondary N) is 2. The third-order valence-electron chi connectivity index (χ3n) is 4.84. The number of oxazole rings is 1. The highest BCUT2D eigenvalue weighted by Crippen LogP contribution is 2.22. The van der Waals surface area contributed by atoms with E-state index in [1.165, 1.54) is 32.2 Å². The molecular weight excluding hydrogens is 441 g/mol. The predicted octanol–water partition coefficient (Wildman–Crippen LogP) is 3.52. The molecule has 2 heterocycles. The van der Waals surface area contributed by atoms with Gasteiger partial charge < -0.3 is 15.1 Å². The van der Waals surface area contributed by atoms with Gasteiger partial charge in [0.1, 0.15) is 5.76 Å². The SMILES string of the molecule is CCC1CCCCN1CCNC(=NC)NCc1ncc(C(C)(C)C)o1.I. The van der Waals surface area contributed by atoms with Crippen molar-refractivity contribution < 1.29 is 4.42 Å². The minimum absolute atomic E-state index is 0. The third kappa shape index (κ3) is 7.06. The molecule has 0 aromatic carbocycles. The van der Waals surface area contributed by atoms with E-state index >= 15 is 0 Å². The first kappa shape index (κ1) is 23.2. The third-order valence-corrected chi connectivity index (χ3v) is 4.84.